The predicted molar refractivity (Wildman–Crippen MR) is 114 cm³/mol. The summed E-state index contributed by atoms with van der Waals surface area (Å²) in [7, 11) is 1.73. The second kappa shape index (κ2) is 7.48. The van der Waals surface area contributed by atoms with Gasteiger partial charge in [0.15, 0.2) is 5.82 Å². The van der Waals surface area contributed by atoms with Crippen molar-refractivity contribution in [2.45, 2.75) is 32.4 Å². The monoisotopic (exact) mass is 375 g/mol. The summed E-state index contributed by atoms with van der Waals surface area (Å²) in [4.78, 5) is 17.1. The minimum atomic E-state index is -0.176. The van der Waals surface area contributed by atoms with Crippen LogP contribution in [0.25, 0.3) is 11.3 Å². The van der Waals surface area contributed by atoms with E-state index < -0.39 is 0 Å². The van der Waals surface area contributed by atoms with Gasteiger partial charge in [-0.2, -0.15) is 0 Å². The van der Waals surface area contributed by atoms with Crippen molar-refractivity contribution in [3.63, 3.8) is 0 Å². The largest absolute Gasteiger partial charge is 0.398 e. The summed E-state index contributed by atoms with van der Waals surface area (Å²) in [5.41, 5.74) is 11.2. The van der Waals surface area contributed by atoms with Crippen LogP contribution in [0.15, 0.2) is 53.5 Å². The first-order valence-corrected chi connectivity index (χ1v) is 9.54. The smallest absolute Gasteiger partial charge is 0.293 e. The van der Waals surface area contributed by atoms with E-state index in [1.165, 1.54) is 18.4 Å². The van der Waals surface area contributed by atoms with Gasteiger partial charge in [-0.05, 0) is 49.1 Å². The fourth-order valence-corrected chi connectivity index (χ4v) is 3.14. The zero-order chi connectivity index (χ0) is 19.7. The Bertz CT molecular complexity index is 1050. The molecule has 6 nitrogen and oxygen atoms in total. The van der Waals surface area contributed by atoms with E-state index in [9.17, 15) is 4.79 Å². The lowest BCUT2D eigenvalue weighted by atomic mass is 10.0. The van der Waals surface area contributed by atoms with E-state index in [-0.39, 0.29) is 5.56 Å². The maximum Gasteiger partial charge on any atom is 0.293 e. The summed E-state index contributed by atoms with van der Waals surface area (Å²) >= 11 is 0. The van der Waals surface area contributed by atoms with Crippen molar-refractivity contribution in [1.82, 2.24) is 14.9 Å². The maximum absolute atomic E-state index is 12.6. The zero-order valence-corrected chi connectivity index (χ0v) is 16.2. The molecule has 0 bridgehead atoms. The summed E-state index contributed by atoms with van der Waals surface area (Å²) < 4.78 is 1.54. The van der Waals surface area contributed by atoms with Crippen molar-refractivity contribution in [3.8, 4) is 11.3 Å². The fourth-order valence-electron chi connectivity index (χ4n) is 3.14. The Labute approximate surface area is 164 Å². The van der Waals surface area contributed by atoms with Crippen LogP contribution in [0.4, 0.5) is 17.2 Å². The molecule has 4 N–H and O–H groups in total. The molecule has 1 heterocycles. The summed E-state index contributed by atoms with van der Waals surface area (Å²) in [6.07, 6.45) is 4.29. The third-order valence-electron chi connectivity index (χ3n) is 5.11. The molecule has 0 spiro atoms. The van der Waals surface area contributed by atoms with Crippen LogP contribution in [-0.4, -0.2) is 15.6 Å². The van der Waals surface area contributed by atoms with Gasteiger partial charge in [0.1, 0.15) is 0 Å². The maximum atomic E-state index is 12.6. The Hall–Kier alpha value is -3.12. The number of hydrogen-bond acceptors (Lipinski definition) is 5. The van der Waals surface area contributed by atoms with Crippen LogP contribution in [0.2, 0.25) is 0 Å². The topological polar surface area (TPSA) is 85.0 Å². The van der Waals surface area contributed by atoms with E-state index in [0.29, 0.717) is 23.2 Å². The summed E-state index contributed by atoms with van der Waals surface area (Å²) in [6, 6.07) is 14.5. The molecule has 0 unspecified atom stereocenters. The average Bonchev–Trinajstić information content (AvgIpc) is 3.51. The lowest BCUT2D eigenvalue weighted by molar-refractivity contribution is 0.688. The van der Waals surface area contributed by atoms with Gasteiger partial charge in [-0.3, -0.25) is 4.79 Å². The molecule has 1 aromatic heterocycles. The number of hydrogen-bond donors (Lipinski definition) is 3. The fraction of sp³-hybridized carbons (Fsp3) is 0.273. The Morgan fingerprint density at radius 1 is 1.18 bits per heavy atom. The number of nitrogens with zero attached hydrogens (tertiary/aromatic N) is 2. The van der Waals surface area contributed by atoms with Gasteiger partial charge in [0, 0.05) is 42.8 Å². The third-order valence-corrected chi connectivity index (χ3v) is 5.11. The number of nitrogen functional groups attached to an aromatic ring is 1. The molecule has 0 aliphatic heterocycles. The van der Waals surface area contributed by atoms with Gasteiger partial charge in [0.05, 0.1) is 5.69 Å². The highest BCUT2D eigenvalue weighted by Crippen LogP contribution is 2.26. The molecule has 1 aliphatic rings. The second-order valence-corrected chi connectivity index (χ2v) is 7.39. The Morgan fingerprint density at radius 2 is 1.93 bits per heavy atom. The van der Waals surface area contributed by atoms with Crippen LogP contribution >= 0.6 is 0 Å². The highest BCUT2D eigenvalue weighted by atomic mass is 16.1. The van der Waals surface area contributed by atoms with Gasteiger partial charge in [-0.25, -0.2) is 4.98 Å². The molecule has 0 saturated heterocycles. The number of anilines is 3. The molecule has 1 fully saturated rings. The second-order valence-electron chi connectivity index (χ2n) is 7.39. The molecule has 1 aliphatic carbocycles. The molecule has 2 aromatic carbocycles. The van der Waals surface area contributed by atoms with Gasteiger partial charge in [-0.1, -0.05) is 24.3 Å². The quantitative estimate of drug-likeness (QED) is 0.576. The third kappa shape index (κ3) is 3.92. The van der Waals surface area contributed by atoms with Gasteiger partial charge in [0.25, 0.3) is 5.56 Å². The number of nitrogens with two attached hydrogens (primary N) is 1. The standard InChI is InChI=1S/C22H25N5O/c1-14-18(4-3-5-19(14)23)20-13-27(2)22(28)21(26-20)25-17-8-6-15(7-9-17)12-24-16-10-11-16/h3-9,13,16,24H,10-12,23H2,1-2H3,(H,25,26). The first-order valence-electron chi connectivity index (χ1n) is 9.54. The van der Waals surface area contributed by atoms with E-state index in [1.807, 2.05) is 37.3 Å². The minimum absolute atomic E-state index is 0.176. The number of rotatable bonds is 6. The molecule has 0 radical (unpaired) electrons. The van der Waals surface area contributed by atoms with Crippen LogP contribution in [-0.2, 0) is 13.6 Å². The Balaban J connectivity index is 1.59. The molecule has 1 saturated carbocycles. The molecule has 4 rings (SSSR count). The molecule has 0 amide bonds. The predicted octanol–water partition coefficient (Wildman–Crippen LogP) is 3.33. The minimum Gasteiger partial charge on any atom is -0.398 e. The molecule has 28 heavy (non-hydrogen) atoms. The van der Waals surface area contributed by atoms with E-state index in [2.05, 4.69) is 27.8 Å². The number of nitrogens with one attached hydrogen (secondary N) is 2. The average molecular weight is 375 g/mol. The number of aryl methyl sites for hydroxylation is 1. The highest BCUT2D eigenvalue weighted by molar-refractivity contribution is 5.71. The van der Waals surface area contributed by atoms with Crippen molar-refractivity contribution >= 4 is 17.2 Å². The number of aromatic nitrogens is 2. The summed E-state index contributed by atoms with van der Waals surface area (Å²) in [6.45, 7) is 2.83. The van der Waals surface area contributed by atoms with Crippen LogP contribution in [0, 0.1) is 6.92 Å². The normalized spacial score (nSPS) is 13.5. The zero-order valence-electron chi connectivity index (χ0n) is 16.2. The van der Waals surface area contributed by atoms with Gasteiger partial charge in [-0.15, -0.1) is 0 Å². The summed E-state index contributed by atoms with van der Waals surface area (Å²) in [5, 5.41) is 6.66. The first-order chi connectivity index (χ1) is 13.5. The van der Waals surface area contributed by atoms with Crippen LogP contribution < -0.4 is 21.9 Å². The molecular weight excluding hydrogens is 350 g/mol. The van der Waals surface area contributed by atoms with Crippen molar-refractivity contribution in [3.05, 3.63) is 70.1 Å². The highest BCUT2D eigenvalue weighted by Gasteiger charge is 2.19. The number of benzene rings is 2. The van der Waals surface area contributed by atoms with Gasteiger partial charge < -0.3 is 20.9 Å². The SMILES string of the molecule is Cc1c(N)cccc1-c1cn(C)c(=O)c(Nc2ccc(CNC3CC3)cc2)n1. The molecule has 6 heteroatoms. The van der Waals surface area contributed by atoms with Crippen LogP contribution in [0.3, 0.4) is 0 Å². The van der Waals surface area contributed by atoms with Crippen LogP contribution in [0.5, 0.6) is 0 Å². The van der Waals surface area contributed by atoms with Crippen molar-refractivity contribution in [1.29, 1.82) is 0 Å². The van der Waals surface area contributed by atoms with E-state index in [4.69, 9.17) is 5.73 Å². The van der Waals surface area contributed by atoms with E-state index in [1.54, 1.807) is 17.8 Å². The van der Waals surface area contributed by atoms with E-state index >= 15 is 0 Å². The van der Waals surface area contributed by atoms with Crippen molar-refractivity contribution in [2.75, 3.05) is 11.1 Å². The molecule has 3 aromatic rings. The lowest BCUT2D eigenvalue weighted by Crippen LogP contribution is -2.21. The molecule has 144 valence electrons. The van der Waals surface area contributed by atoms with E-state index in [0.717, 1.165) is 23.4 Å². The Morgan fingerprint density at radius 3 is 2.64 bits per heavy atom. The Kier molecular flexibility index (Phi) is 4.88. The molecule has 0 atom stereocenters. The lowest BCUT2D eigenvalue weighted by Gasteiger charge is -2.12. The first kappa shape index (κ1) is 18.3. The van der Waals surface area contributed by atoms with Crippen LogP contribution in [0.1, 0.15) is 24.0 Å². The van der Waals surface area contributed by atoms with Gasteiger partial charge >= 0.3 is 0 Å². The molecular formula is C22H25N5O. The van der Waals surface area contributed by atoms with Crippen molar-refractivity contribution < 1.29 is 0 Å². The van der Waals surface area contributed by atoms with Gasteiger partial charge in [0.2, 0.25) is 0 Å². The van der Waals surface area contributed by atoms with Crippen molar-refractivity contribution in [2.24, 2.45) is 7.05 Å². The summed E-state index contributed by atoms with van der Waals surface area (Å²) in [5.74, 6) is 0.297.